The number of aromatic hydroxyl groups is 1. The summed E-state index contributed by atoms with van der Waals surface area (Å²) < 4.78 is 59.0. The van der Waals surface area contributed by atoms with Crippen molar-refractivity contribution in [2.75, 3.05) is 51.3 Å². The molecular weight excluding hydrogens is 607 g/mol. The van der Waals surface area contributed by atoms with E-state index in [2.05, 4.69) is 26.0 Å². The molecular formula is C36H36F3N5O3. The lowest BCUT2D eigenvalue weighted by Gasteiger charge is -2.34. The van der Waals surface area contributed by atoms with E-state index in [1.54, 1.807) is 18.2 Å². The number of piperazine rings is 1. The summed E-state index contributed by atoms with van der Waals surface area (Å²) in [4.78, 5) is 13.4. The van der Waals surface area contributed by atoms with Crippen molar-refractivity contribution in [1.29, 1.82) is 0 Å². The van der Waals surface area contributed by atoms with Gasteiger partial charge in [-0.25, -0.2) is 13.2 Å². The van der Waals surface area contributed by atoms with Crippen molar-refractivity contribution in [3.63, 3.8) is 0 Å². The Bertz CT molecular complexity index is 1920. The van der Waals surface area contributed by atoms with Gasteiger partial charge in [-0.05, 0) is 55.3 Å². The number of rotatable bonds is 8. The number of methoxy groups -OCH3 is 1. The van der Waals surface area contributed by atoms with E-state index in [-0.39, 0.29) is 57.9 Å². The number of hydrogen-bond donors (Lipinski definition) is 2. The maximum atomic E-state index is 16.9. The van der Waals surface area contributed by atoms with Crippen molar-refractivity contribution in [2.45, 2.75) is 50.0 Å². The van der Waals surface area contributed by atoms with Gasteiger partial charge < -0.3 is 24.8 Å². The lowest BCUT2D eigenvalue weighted by molar-refractivity contribution is 0.0612. The van der Waals surface area contributed by atoms with E-state index in [0.717, 1.165) is 25.7 Å². The molecule has 2 unspecified atom stereocenters. The number of nitrogens with zero attached hydrogens (tertiary/aromatic N) is 4. The Hall–Kier alpha value is -4.11. The average Bonchev–Trinajstić information content (AvgIpc) is 3.61. The summed E-state index contributed by atoms with van der Waals surface area (Å²) in [6.07, 6.45) is 8.17. The molecule has 1 aromatic heterocycles. The zero-order chi connectivity index (χ0) is 32.4. The molecule has 3 aliphatic heterocycles. The minimum Gasteiger partial charge on any atom is -0.508 e. The first-order valence-electron chi connectivity index (χ1n) is 16.2. The standard InChI is InChI=1S/C36H36F3N5O3/c1-3-20-5-4-6-21-11-24(45)12-25(30(20)21)31-27(37)13-26-33(32(31)39)41-35(42-34(26)44-14-22-7-8-23(15-44)40-22)47-19-36(9-10-36)18-43-16-28(38)29(17-43)46-2/h1,4-6,11-13,22-23,28-29,40,45H,7-10,14-19H2,2H3/t22?,23?,28-,29+/m0/s1. The van der Waals surface area contributed by atoms with Crippen molar-refractivity contribution in [2.24, 2.45) is 5.41 Å². The second kappa shape index (κ2) is 11.5. The van der Waals surface area contributed by atoms with Gasteiger partial charge in [-0.2, -0.15) is 9.97 Å². The monoisotopic (exact) mass is 643 g/mol. The Morgan fingerprint density at radius 1 is 1.09 bits per heavy atom. The Morgan fingerprint density at radius 3 is 2.57 bits per heavy atom. The first kappa shape index (κ1) is 30.2. The lowest BCUT2D eigenvalue weighted by Crippen LogP contribution is -2.51. The molecule has 4 aromatic rings. The molecule has 8 nitrogen and oxygen atoms in total. The van der Waals surface area contributed by atoms with E-state index < -0.39 is 23.9 Å². The number of phenolic OH excluding ortho intramolecular Hbond substituents is 1. The number of halogens is 3. The minimum absolute atomic E-state index is 0.00533. The van der Waals surface area contributed by atoms with Gasteiger partial charge in [0.25, 0.3) is 0 Å². The highest BCUT2D eigenvalue weighted by Gasteiger charge is 2.47. The summed E-state index contributed by atoms with van der Waals surface area (Å²) in [5, 5.41) is 15.4. The Balaban J connectivity index is 1.21. The molecule has 0 spiro atoms. The fourth-order valence-electron chi connectivity index (χ4n) is 7.79. The highest BCUT2D eigenvalue weighted by molar-refractivity contribution is 6.04. The summed E-state index contributed by atoms with van der Waals surface area (Å²) in [5.74, 6) is 1.18. The maximum absolute atomic E-state index is 16.9. The Morgan fingerprint density at radius 2 is 1.87 bits per heavy atom. The molecule has 244 valence electrons. The molecule has 0 amide bonds. The van der Waals surface area contributed by atoms with Crippen LogP contribution in [0, 0.1) is 29.4 Å². The molecule has 4 heterocycles. The van der Waals surface area contributed by atoms with E-state index in [1.807, 2.05) is 0 Å². The SMILES string of the molecule is C#Cc1cccc2cc(O)cc(-c3c(F)cc4c(N5CC6CCC(C5)N6)nc(OCC5(CN6C[C@H](F)[C@H](OC)C6)CC5)nc4c3F)c12. The molecule has 3 aromatic carbocycles. The summed E-state index contributed by atoms with van der Waals surface area (Å²) in [5.41, 5.74) is -0.0129. The van der Waals surface area contributed by atoms with Crippen molar-refractivity contribution >= 4 is 27.5 Å². The molecule has 47 heavy (non-hydrogen) atoms. The van der Waals surface area contributed by atoms with Crippen LogP contribution >= 0.6 is 0 Å². The lowest BCUT2D eigenvalue weighted by atomic mass is 9.93. The fourth-order valence-corrected chi connectivity index (χ4v) is 7.79. The van der Waals surface area contributed by atoms with Crippen LogP contribution in [0.15, 0.2) is 36.4 Å². The minimum atomic E-state index is -1.03. The molecule has 3 saturated heterocycles. The molecule has 4 atom stereocenters. The number of benzene rings is 3. The number of hydrogen-bond acceptors (Lipinski definition) is 8. The summed E-state index contributed by atoms with van der Waals surface area (Å²) >= 11 is 0. The number of fused-ring (bicyclic) bond motifs is 4. The van der Waals surface area contributed by atoms with Crippen molar-refractivity contribution in [3.8, 4) is 35.2 Å². The van der Waals surface area contributed by atoms with Crippen molar-refractivity contribution in [1.82, 2.24) is 20.2 Å². The summed E-state index contributed by atoms with van der Waals surface area (Å²) in [6.45, 7) is 3.05. The molecule has 4 fully saturated rings. The normalized spacial score (nSPS) is 25.0. The Labute approximate surface area is 270 Å². The molecule has 2 N–H and O–H groups in total. The largest absolute Gasteiger partial charge is 0.508 e. The zero-order valence-corrected chi connectivity index (χ0v) is 26.1. The number of ether oxygens (including phenoxy) is 2. The van der Waals surface area contributed by atoms with Crippen LogP contribution in [0.2, 0.25) is 0 Å². The number of likely N-dealkylation sites (tertiary alicyclic amines) is 1. The number of terminal acetylenes is 1. The van der Waals surface area contributed by atoms with Crippen molar-refractivity contribution in [3.05, 3.63) is 53.6 Å². The molecule has 0 radical (unpaired) electrons. The van der Waals surface area contributed by atoms with Gasteiger partial charge in [0.15, 0.2) is 5.82 Å². The third kappa shape index (κ3) is 5.42. The van der Waals surface area contributed by atoms with Crippen LogP contribution in [-0.4, -0.2) is 90.8 Å². The fraction of sp³-hybridized carbons (Fsp3) is 0.444. The molecule has 1 saturated carbocycles. The third-order valence-electron chi connectivity index (χ3n) is 10.3. The number of alkyl halides is 1. The van der Waals surface area contributed by atoms with Crippen LogP contribution in [0.1, 0.15) is 31.2 Å². The van der Waals surface area contributed by atoms with E-state index in [4.69, 9.17) is 20.9 Å². The molecule has 4 aliphatic rings. The van der Waals surface area contributed by atoms with E-state index in [0.29, 0.717) is 54.9 Å². The van der Waals surface area contributed by atoms with Gasteiger partial charge in [-0.15, -0.1) is 6.42 Å². The number of nitrogens with one attached hydrogen (secondary N) is 1. The first-order chi connectivity index (χ1) is 22.7. The highest BCUT2D eigenvalue weighted by Crippen LogP contribution is 2.47. The predicted molar refractivity (Wildman–Crippen MR) is 173 cm³/mol. The number of anilines is 1. The van der Waals surface area contributed by atoms with Crippen LogP contribution in [0.3, 0.4) is 0 Å². The van der Waals surface area contributed by atoms with E-state index in [1.165, 1.54) is 25.3 Å². The zero-order valence-electron chi connectivity index (χ0n) is 26.1. The molecule has 11 heteroatoms. The van der Waals surface area contributed by atoms with Gasteiger partial charge in [-0.3, -0.25) is 4.90 Å². The van der Waals surface area contributed by atoms with E-state index >= 15 is 8.78 Å². The second-order valence-corrected chi connectivity index (χ2v) is 13.6. The average molecular weight is 644 g/mol. The van der Waals surface area contributed by atoms with Gasteiger partial charge in [0.1, 0.15) is 35.2 Å². The van der Waals surface area contributed by atoms with Gasteiger partial charge in [0, 0.05) is 79.2 Å². The predicted octanol–water partition coefficient (Wildman–Crippen LogP) is 5.18. The van der Waals surface area contributed by atoms with Gasteiger partial charge >= 0.3 is 6.01 Å². The van der Waals surface area contributed by atoms with Crippen LogP contribution < -0.4 is 15.0 Å². The molecule has 1 aliphatic carbocycles. The van der Waals surface area contributed by atoms with Gasteiger partial charge in [-0.1, -0.05) is 18.1 Å². The summed E-state index contributed by atoms with van der Waals surface area (Å²) in [6, 6.07) is 9.80. The Kier molecular flexibility index (Phi) is 7.43. The van der Waals surface area contributed by atoms with Crippen LogP contribution in [0.5, 0.6) is 11.8 Å². The summed E-state index contributed by atoms with van der Waals surface area (Å²) in [7, 11) is 1.53. The van der Waals surface area contributed by atoms with Gasteiger partial charge in [0.2, 0.25) is 0 Å². The van der Waals surface area contributed by atoms with Crippen LogP contribution in [0.25, 0.3) is 32.8 Å². The maximum Gasteiger partial charge on any atom is 0.319 e. The van der Waals surface area contributed by atoms with Crippen molar-refractivity contribution < 1.29 is 27.8 Å². The first-order valence-corrected chi connectivity index (χ1v) is 16.2. The van der Waals surface area contributed by atoms with Gasteiger partial charge in [0.05, 0.1) is 12.2 Å². The third-order valence-corrected chi connectivity index (χ3v) is 10.3. The van der Waals surface area contributed by atoms with E-state index in [9.17, 15) is 9.50 Å². The topological polar surface area (TPSA) is 83.0 Å². The molecule has 8 rings (SSSR count). The smallest absolute Gasteiger partial charge is 0.319 e. The van der Waals surface area contributed by atoms with Crippen LogP contribution in [0.4, 0.5) is 19.0 Å². The number of phenols is 1. The quantitative estimate of drug-likeness (QED) is 0.254. The second-order valence-electron chi connectivity index (χ2n) is 13.6. The highest BCUT2D eigenvalue weighted by atomic mass is 19.1. The molecule has 2 bridgehead atoms. The number of aromatic nitrogens is 2. The van der Waals surface area contributed by atoms with Crippen LogP contribution in [-0.2, 0) is 4.74 Å².